The highest BCUT2D eigenvalue weighted by molar-refractivity contribution is 5.75. The summed E-state index contributed by atoms with van der Waals surface area (Å²) >= 11 is 0. The van der Waals surface area contributed by atoms with E-state index in [2.05, 4.69) is 4.90 Å². The van der Waals surface area contributed by atoms with Crippen LogP contribution in [0.1, 0.15) is 29.4 Å². The predicted molar refractivity (Wildman–Crippen MR) is 96.5 cm³/mol. The molecule has 0 saturated carbocycles. The number of nitrogens with two attached hydrogens (primary N) is 1. The van der Waals surface area contributed by atoms with E-state index >= 15 is 0 Å². The van der Waals surface area contributed by atoms with Crippen molar-refractivity contribution >= 4 is 5.91 Å². The van der Waals surface area contributed by atoms with Crippen LogP contribution in [0.25, 0.3) is 0 Å². The number of rotatable bonds is 6. The number of phenolic OH excluding ortho intramolecular Hbond substituents is 1. The van der Waals surface area contributed by atoms with Crippen molar-refractivity contribution in [2.75, 3.05) is 26.3 Å². The van der Waals surface area contributed by atoms with Gasteiger partial charge >= 0.3 is 0 Å². The number of aromatic hydroxyl groups is 2. The lowest BCUT2D eigenvalue weighted by Crippen LogP contribution is -2.35. The smallest absolute Gasteiger partial charge is 0.227 e. The monoisotopic (exact) mass is 374 g/mol. The summed E-state index contributed by atoms with van der Waals surface area (Å²) < 4.78 is 11.1. The molecular weight excluding hydrogens is 352 g/mol. The van der Waals surface area contributed by atoms with E-state index in [9.17, 15) is 19.8 Å². The van der Waals surface area contributed by atoms with Crippen molar-refractivity contribution in [3.8, 4) is 11.5 Å². The Labute approximate surface area is 155 Å². The summed E-state index contributed by atoms with van der Waals surface area (Å²) in [5, 5.41) is 20.0. The second-order valence-corrected chi connectivity index (χ2v) is 6.50. The molecule has 3 rings (SSSR count). The van der Waals surface area contributed by atoms with Gasteiger partial charge in [-0.25, -0.2) is 0 Å². The standard InChI is InChI=1S/C19H22N2O6/c20-17(24)10-15(12-2-1-3-13(22)8-12)19-18(25)16(23)9-14(27-19)11-21-4-6-26-7-5-21/h1-3,8-9,15,22,25H,4-7,10-11H2,(H2,20,24). The average Bonchev–Trinajstić information content (AvgIpc) is 2.63. The van der Waals surface area contributed by atoms with Gasteiger partial charge in [-0.15, -0.1) is 0 Å². The molecule has 0 spiro atoms. The first-order valence-corrected chi connectivity index (χ1v) is 8.67. The molecule has 144 valence electrons. The maximum atomic E-state index is 12.3. The van der Waals surface area contributed by atoms with Crippen LogP contribution in [-0.4, -0.2) is 47.3 Å². The summed E-state index contributed by atoms with van der Waals surface area (Å²) in [6.07, 6.45) is -0.180. The van der Waals surface area contributed by atoms with Crippen molar-refractivity contribution in [3.05, 3.63) is 57.6 Å². The maximum Gasteiger partial charge on any atom is 0.227 e. The van der Waals surface area contributed by atoms with Crippen molar-refractivity contribution in [1.29, 1.82) is 0 Å². The first-order chi connectivity index (χ1) is 12.9. The van der Waals surface area contributed by atoms with Gasteiger partial charge in [-0.1, -0.05) is 12.1 Å². The van der Waals surface area contributed by atoms with Gasteiger partial charge in [0.25, 0.3) is 0 Å². The molecular formula is C19H22N2O6. The van der Waals surface area contributed by atoms with Crippen LogP contribution in [0.5, 0.6) is 11.5 Å². The Hall–Kier alpha value is -2.84. The zero-order valence-electron chi connectivity index (χ0n) is 14.8. The average molecular weight is 374 g/mol. The summed E-state index contributed by atoms with van der Waals surface area (Å²) in [5.41, 5.74) is 5.28. The molecule has 2 heterocycles. The number of ether oxygens (including phenoxy) is 1. The van der Waals surface area contributed by atoms with Crippen LogP contribution < -0.4 is 11.2 Å². The SMILES string of the molecule is NC(=O)CC(c1cccc(O)c1)c1oc(CN2CCOCC2)cc(=O)c1O. The quantitative estimate of drug-likeness (QED) is 0.685. The molecule has 1 amide bonds. The summed E-state index contributed by atoms with van der Waals surface area (Å²) in [6, 6.07) is 7.45. The molecule has 1 unspecified atom stereocenters. The molecule has 2 aromatic rings. The molecule has 8 heteroatoms. The normalized spacial score (nSPS) is 16.1. The fourth-order valence-corrected chi connectivity index (χ4v) is 3.15. The van der Waals surface area contributed by atoms with Crippen molar-refractivity contribution in [2.45, 2.75) is 18.9 Å². The van der Waals surface area contributed by atoms with Gasteiger partial charge in [-0.2, -0.15) is 0 Å². The van der Waals surface area contributed by atoms with Crippen LogP contribution in [0.15, 0.2) is 39.5 Å². The molecule has 8 nitrogen and oxygen atoms in total. The van der Waals surface area contributed by atoms with Crippen LogP contribution in [0, 0.1) is 0 Å². The zero-order chi connectivity index (χ0) is 19.4. The van der Waals surface area contributed by atoms with Crippen LogP contribution in [0.2, 0.25) is 0 Å². The lowest BCUT2D eigenvalue weighted by atomic mass is 9.91. The molecule has 0 radical (unpaired) electrons. The number of carbonyl (C=O) groups excluding carboxylic acids is 1. The second-order valence-electron chi connectivity index (χ2n) is 6.50. The Bertz CT molecular complexity index is 873. The van der Waals surface area contributed by atoms with Crippen LogP contribution in [-0.2, 0) is 16.1 Å². The number of hydrogen-bond donors (Lipinski definition) is 3. The predicted octanol–water partition coefficient (Wildman–Crippen LogP) is 0.890. The number of phenols is 1. The van der Waals surface area contributed by atoms with E-state index in [-0.39, 0.29) is 17.9 Å². The van der Waals surface area contributed by atoms with Gasteiger partial charge in [0, 0.05) is 25.6 Å². The Morgan fingerprint density at radius 3 is 2.63 bits per heavy atom. The number of nitrogens with zero attached hydrogens (tertiary/aromatic N) is 1. The molecule has 1 aromatic heterocycles. The molecule has 4 N–H and O–H groups in total. The van der Waals surface area contributed by atoms with Crippen molar-refractivity contribution in [3.63, 3.8) is 0 Å². The van der Waals surface area contributed by atoms with Crippen LogP contribution in [0.4, 0.5) is 0 Å². The van der Waals surface area contributed by atoms with E-state index in [1.807, 2.05) is 0 Å². The molecule has 1 aliphatic rings. The molecule has 1 atom stereocenters. The summed E-state index contributed by atoms with van der Waals surface area (Å²) in [7, 11) is 0. The van der Waals surface area contributed by atoms with Crippen molar-refractivity contribution < 1.29 is 24.2 Å². The fourth-order valence-electron chi connectivity index (χ4n) is 3.15. The van der Waals surface area contributed by atoms with E-state index in [4.69, 9.17) is 14.9 Å². The topological polar surface area (TPSA) is 126 Å². The zero-order valence-corrected chi connectivity index (χ0v) is 14.8. The Morgan fingerprint density at radius 1 is 1.22 bits per heavy atom. The molecule has 1 fully saturated rings. The van der Waals surface area contributed by atoms with E-state index in [1.54, 1.807) is 12.1 Å². The largest absolute Gasteiger partial charge is 0.508 e. The molecule has 0 aliphatic carbocycles. The van der Waals surface area contributed by atoms with E-state index < -0.39 is 23.0 Å². The lowest BCUT2D eigenvalue weighted by molar-refractivity contribution is -0.118. The summed E-state index contributed by atoms with van der Waals surface area (Å²) in [4.78, 5) is 25.9. The van der Waals surface area contributed by atoms with Gasteiger partial charge in [0.1, 0.15) is 11.5 Å². The van der Waals surface area contributed by atoms with Gasteiger partial charge in [0.05, 0.1) is 25.7 Å². The number of amides is 1. The first kappa shape index (κ1) is 18.9. The maximum absolute atomic E-state index is 12.3. The van der Waals surface area contributed by atoms with Gasteiger partial charge in [0.15, 0.2) is 5.76 Å². The number of benzene rings is 1. The fraction of sp³-hybridized carbons (Fsp3) is 0.368. The highest BCUT2D eigenvalue weighted by Gasteiger charge is 2.26. The second kappa shape index (κ2) is 8.24. The highest BCUT2D eigenvalue weighted by atomic mass is 16.5. The highest BCUT2D eigenvalue weighted by Crippen LogP contribution is 2.34. The number of carbonyl (C=O) groups is 1. The third-order valence-corrected chi connectivity index (χ3v) is 4.48. The van der Waals surface area contributed by atoms with Crippen LogP contribution >= 0.6 is 0 Å². The summed E-state index contributed by atoms with van der Waals surface area (Å²) in [5.74, 6) is -1.63. The first-order valence-electron chi connectivity index (χ1n) is 8.67. The van der Waals surface area contributed by atoms with Crippen molar-refractivity contribution in [1.82, 2.24) is 4.90 Å². The third-order valence-electron chi connectivity index (χ3n) is 4.48. The molecule has 27 heavy (non-hydrogen) atoms. The Morgan fingerprint density at radius 2 is 1.96 bits per heavy atom. The van der Waals surface area contributed by atoms with E-state index in [0.29, 0.717) is 44.2 Å². The summed E-state index contributed by atoms with van der Waals surface area (Å²) in [6.45, 7) is 3.00. The minimum atomic E-state index is -0.785. The van der Waals surface area contributed by atoms with Gasteiger partial charge < -0.3 is 25.1 Å². The minimum absolute atomic E-state index is 0.00622. The molecule has 1 saturated heterocycles. The van der Waals surface area contributed by atoms with Crippen LogP contribution in [0.3, 0.4) is 0 Å². The molecule has 0 bridgehead atoms. The molecule has 1 aromatic carbocycles. The third kappa shape index (κ3) is 4.66. The Balaban J connectivity index is 1.99. The van der Waals surface area contributed by atoms with Gasteiger partial charge in [-0.3, -0.25) is 14.5 Å². The number of hydrogen-bond acceptors (Lipinski definition) is 7. The number of morpholine rings is 1. The van der Waals surface area contributed by atoms with E-state index in [1.165, 1.54) is 18.2 Å². The Kier molecular flexibility index (Phi) is 5.78. The van der Waals surface area contributed by atoms with Gasteiger partial charge in [0.2, 0.25) is 17.1 Å². The minimum Gasteiger partial charge on any atom is -0.508 e. The lowest BCUT2D eigenvalue weighted by Gasteiger charge is -2.26. The molecule has 1 aliphatic heterocycles. The van der Waals surface area contributed by atoms with Gasteiger partial charge in [-0.05, 0) is 17.7 Å². The number of primary amides is 1. The van der Waals surface area contributed by atoms with Crippen molar-refractivity contribution in [2.24, 2.45) is 5.73 Å². The van der Waals surface area contributed by atoms with E-state index in [0.717, 1.165) is 0 Å².